The molecule has 5 heteroatoms. The number of halogens is 3. The Hall–Kier alpha value is -1.39. The Morgan fingerprint density at radius 1 is 1.35 bits per heavy atom. The van der Waals surface area contributed by atoms with Gasteiger partial charge in [-0.2, -0.15) is 8.78 Å². The molecule has 1 aliphatic carbocycles. The highest BCUT2D eigenvalue weighted by Crippen LogP contribution is 2.30. The molecule has 0 spiro atoms. The van der Waals surface area contributed by atoms with E-state index in [0.29, 0.717) is 17.6 Å². The second kappa shape index (κ2) is 6.86. The fraction of sp³-hybridized carbons (Fsp3) is 0.600. The first-order valence-electron chi connectivity index (χ1n) is 7.09. The predicted octanol–water partition coefficient (Wildman–Crippen LogP) is 4.81. The Labute approximate surface area is 117 Å². The standard InChI is InChI=1S/C15H20F3NO/c1-2-10-4-3-5-11(8-10)19-12-6-7-14(13(16)9-12)20-15(17)18/h6-7,9-11,15,19H,2-5,8H2,1H3. The first-order valence-corrected chi connectivity index (χ1v) is 7.09. The maximum Gasteiger partial charge on any atom is 0.387 e. The predicted molar refractivity (Wildman–Crippen MR) is 72.7 cm³/mol. The average molecular weight is 287 g/mol. The van der Waals surface area contributed by atoms with Gasteiger partial charge in [-0.05, 0) is 30.9 Å². The van der Waals surface area contributed by atoms with Gasteiger partial charge in [0.25, 0.3) is 0 Å². The normalized spacial score (nSPS) is 22.9. The van der Waals surface area contributed by atoms with Crippen LogP contribution in [0.3, 0.4) is 0 Å². The molecule has 0 aromatic heterocycles. The molecule has 0 heterocycles. The minimum atomic E-state index is -3.01. The summed E-state index contributed by atoms with van der Waals surface area (Å²) < 4.78 is 41.8. The van der Waals surface area contributed by atoms with E-state index < -0.39 is 18.2 Å². The van der Waals surface area contributed by atoms with E-state index in [1.807, 2.05) is 0 Å². The molecule has 20 heavy (non-hydrogen) atoms. The summed E-state index contributed by atoms with van der Waals surface area (Å²) in [5.41, 5.74) is 0.617. The van der Waals surface area contributed by atoms with Crippen LogP contribution in [0.25, 0.3) is 0 Å². The molecule has 1 aromatic carbocycles. The van der Waals surface area contributed by atoms with E-state index in [2.05, 4.69) is 17.0 Å². The van der Waals surface area contributed by atoms with Crippen LogP contribution in [-0.4, -0.2) is 12.7 Å². The Bertz CT molecular complexity index is 439. The molecule has 1 fully saturated rings. The molecule has 1 N–H and O–H groups in total. The number of alkyl halides is 2. The van der Waals surface area contributed by atoms with Crippen LogP contribution in [0, 0.1) is 11.7 Å². The lowest BCUT2D eigenvalue weighted by molar-refractivity contribution is -0.0521. The zero-order chi connectivity index (χ0) is 14.5. The second-order valence-corrected chi connectivity index (χ2v) is 5.31. The van der Waals surface area contributed by atoms with Crippen molar-refractivity contribution in [2.45, 2.75) is 51.7 Å². The molecule has 2 atom stereocenters. The quantitative estimate of drug-likeness (QED) is 0.839. The van der Waals surface area contributed by atoms with Gasteiger partial charge in [0.05, 0.1) is 0 Å². The Morgan fingerprint density at radius 3 is 2.80 bits per heavy atom. The lowest BCUT2D eigenvalue weighted by Gasteiger charge is -2.29. The zero-order valence-corrected chi connectivity index (χ0v) is 11.5. The number of benzene rings is 1. The van der Waals surface area contributed by atoms with Crippen LogP contribution in [0.1, 0.15) is 39.0 Å². The van der Waals surface area contributed by atoms with Gasteiger partial charge in [0.2, 0.25) is 0 Å². The molecular weight excluding hydrogens is 267 g/mol. The van der Waals surface area contributed by atoms with Crippen molar-refractivity contribution in [3.8, 4) is 5.75 Å². The van der Waals surface area contributed by atoms with Crippen molar-refractivity contribution < 1.29 is 17.9 Å². The SMILES string of the molecule is CCC1CCCC(Nc2ccc(OC(F)F)c(F)c2)C1. The van der Waals surface area contributed by atoms with Gasteiger partial charge in [-0.25, -0.2) is 4.39 Å². The number of hydrogen-bond acceptors (Lipinski definition) is 2. The third-order valence-electron chi connectivity index (χ3n) is 3.88. The van der Waals surface area contributed by atoms with Crippen molar-refractivity contribution in [3.05, 3.63) is 24.0 Å². The lowest BCUT2D eigenvalue weighted by Crippen LogP contribution is -2.27. The van der Waals surface area contributed by atoms with Crippen LogP contribution in [0.2, 0.25) is 0 Å². The highest BCUT2D eigenvalue weighted by atomic mass is 19.3. The zero-order valence-electron chi connectivity index (χ0n) is 11.5. The van der Waals surface area contributed by atoms with Crippen molar-refractivity contribution in [3.63, 3.8) is 0 Å². The number of ether oxygens (including phenoxy) is 1. The summed E-state index contributed by atoms with van der Waals surface area (Å²) in [6, 6.07) is 4.36. The molecule has 0 aliphatic heterocycles. The molecule has 1 aliphatic rings. The molecule has 0 amide bonds. The minimum absolute atomic E-state index is 0.329. The van der Waals surface area contributed by atoms with Crippen LogP contribution in [0.5, 0.6) is 5.75 Å². The number of anilines is 1. The maximum atomic E-state index is 13.6. The van der Waals surface area contributed by atoms with Gasteiger partial charge in [0.1, 0.15) is 0 Å². The third-order valence-corrected chi connectivity index (χ3v) is 3.88. The van der Waals surface area contributed by atoms with Gasteiger partial charge in [-0.3, -0.25) is 0 Å². The first-order chi connectivity index (χ1) is 9.58. The summed E-state index contributed by atoms with van der Waals surface area (Å²) in [4.78, 5) is 0. The minimum Gasteiger partial charge on any atom is -0.432 e. The Morgan fingerprint density at radius 2 is 2.15 bits per heavy atom. The van der Waals surface area contributed by atoms with Gasteiger partial charge in [0, 0.05) is 17.8 Å². The van der Waals surface area contributed by atoms with E-state index >= 15 is 0 Å². The van der Waals surface area contributed by atoms with Crippen molar-refractivity contribution in [2.24, 2.45) is 5.92 Å². The molecule has 0 radical (unpaired) electrons. The fourth-order valence-electron chi connectivity index (χ4n) is 2.81. The van der Waals surface area contributed by atoms with E-state index in [0.717, 1.165) is 19.3 Å². The molecule has 112 valence electrons. The lowest BCUT2D eigenvalue weighted by atomic mass is 9.84. The number of hydrogen-bond donors (Lipinski definition) is 1. The van der Waals surface area contributed by atoms with Gasteiger partial charge in [0.15, 0.2) is 11.6 Å². The third kappa shape index (κ3) is 4.05. The maximum absolute atomic E-state index is 13.6. The van der Waals surface area contributed by atoms with Gasteiger partial charge < -0.3 is 10.1 Å². The van der Waals surface area contributed by atoms with Crippen LogP contribution >= 0.6 is 0 Å². The van der Waals surface area contributed by atoms with Crippen LogP contribution in [0.4, 0.5) is 18.9 Å². The molecule has 1 saturated carbocycles. The number of nitrogens with one attached hydrogen (secondary N) is 1. The topological polar surface area (TPSA) is 21.3 Å². The number of rotatable bonds is 5. The smallest absolute Gasteiger partial charge is 0.387 e. The largest absolute Gasteiger partial charge is 0.432 e. The van der Waals surface area contributed by atoms with Gasteiger partial charge in [-0.15, -0.1) is 0 Å². The van der Waals surface area contributed by atoms with Crippen molar-refractivity contribution in [1.82, 2.24) is 0 Å². The van der Waals surface area contributed by atoms with Crippen LogP contribution in [0.15, 0.2) is 18.2 Å². The molecule has 1 aromatic rings. The summed E-state index contributed by atoms with van der Waals surface area (Å²) in [7, 11) is 0. The van der Waals surface area contributed by atoms with Crippen LogP contribution < -0.4 is 10.1 Å². The fourth-order valence-corrected chi connectivity index (χ4v) is 2.81. The molecule has 2 unspecified atom stereocenters. The molecular formula is C15H20F3NO. The van der Waals surface area contributed by atoms with Crippen molar-refractivity contribution in [2.75, 3.05) is 5.32 Å². The van der Waals surface area contributed by atoms with Crippen LogP contribution in [-0.2, 0) is 0 Å². The summed E-state index contributed by atoms with van der Waals surface area (Å²) >= 11 is 0. The second-order valence-electron chi connectivity index (χ2n) is 5.31. The molecule has 2 rings (SSSR count). The summed E-state index contributed by atoms with van der Waals surface area (Å²) in [6.45, 7) is -0.824. The van der Waals surface area contributed by atoms with E-state index in [1.54, 1.807) is 6.07 Å². The van der Waals surface area contributed by atoms with Crippen molar-refractivity contribution in [1.29, 1.82) is 0 Å². The average Bonchev–Trinajstić information content (AvgIpc) is 2.42. The molecule has 2 nitrogen and oxygen atoms in total. The Kier molecular flexibility index (Phi) is 5.15. The van der Waals surface area contributed by atoms with E-state index in [-0.39, 0.29) is 0 Å². The van der Waals surface area contributed by atoms with E-state index in [4.69, 9.17) is 0 Å². The monoisotopic (exact) mass is 287 g/mol. The summed E-state index contributed by atoms with van der Waals surface area (Å²) in [5, 5.41) is 3.28. The van der Waals surface area contributed by atoms with Gasteiger partial charge in [-0.1, -0.05) is 26.2 Å². The highest BCUT2D eigenvalue weighted by molar-refractivity contribution is 5.48. The van der Waals surface area contributed by atoms with E-state index in [1.165, 1.54) is 25.0 Å². The Balaban J connectivity index is 1.97. The summed E-state index contributed by atoms with van der Waals surface area (Å²) in [6.07, 6.45) is 5.73. The first kappa shape index (κ1) is 15.0. The molecule has 0 saturated heterocycles. The molecule has 0 bridgehead atoms. The van der Waals surface area contributed by atoms with Crippen molar-refractivity contribution >= 4 is 5.69 Å². The summed E-state index contributed by atoms with van der Waals surface area (Å²) in [5.74, 6) is -0.466. The van der Waals surface area contributed by atoms with E-state index in [9.17, 15) is 13.2 Å². The van der Waals surface area contributed by atoms with Gasteiger partial charge >= 0.3 is 6.61 Å². The highest BCUT2D eigenvalue weighted by Gasteiger charge is 2.21.